The van der Waals surface area contributed by atoms with Crippen LogP contribution in [0.15, 0.2) is 18.2 Å². The SMILES string of the molecule is Cc1cc2cc(c1)OCCCOCCCO2. The highest BCUT2D eigenvalue weighted by Gasteiger charge is 2.02. The average Bonchev–Trinajstić information content (AvgIpc) is 2.24. The first-order chi connectivity index (χ1) is 7.84. The summed E-state index contributed by atoms with van der Waals surface area (Å²) in [7, 11) is 0. The van der Waals surface area contributed by atoms with E-state index in [0.717, 1.165) is 37.6 Å². The molecule has 1 aliphatic heterocycles. The highest BCUT2D eigenvalue weighted by atomic mass is 16.5. The molecule has 0 saturated heterocycles. The summed E-state index contributed by atoms with van der Waals surface area (Å²) in [6, 6.07) is 6.01. The van der Waals surface area contributed by atoms with Crippen molar-refractivity contribution in [2.24, 2.45) is 0 Å². The standard InChI is InChI=1S/C13H18O3/c1-11-8-12-10-13(9-11)16-7-3-5-14-4-2-6-15-12/h8-10H,2-7H2,1H3. The van der Waals surface area contributed by atoms with Gasteiger partial charge in [0.05, 0.1) is 13.2 Å². The number of benzene rings is 1. The van der Waals surface area contributed by atoms with Crippen LogP contribution in [0.4, 0.5) is 0 Å². The number of fused-ring (bicyclic) bond motifs is 2. The Balaban J connectivity index is 2.08. The molecule has 0 amide bonds. The minimum atomic E-state index is 0.697. The highest BCUT2D eigenvalue weighted by molar-refractivity contribution is 5.37. The molecule has 3 nitrogen and oxygen atoms in total. The Bertz CT molecular complexity index is 308. The monoisotopic (exact) mass is 222 g/mol. The van der Waals surface area contributed by atoms with Crippen LogP contribution in [0.3, 0.4) is 0 Å². The van der Waals surface area contributed by atoms with E-state index < -0.39 is 0 Å². The van der Waals surface area contributed by atoms with Gasteiger partial charge in [-0.05, 0) is 24.6 Å². The maximum absolute atomic E-state index is 5.64. The van der Waals surface area contributed by atoms with Crippen molar-refractivity contribution >= 4 is 0 Å². The Morgan fingerprint density at radius 1 is 0.812 bits per heavy atom. The minimum absolute atomic E-state index is 0.697. The lowest BCUT2D eigenvalue weighted by molar-refractivity contribution is 0.105. The van der Waals surface area contributed by atoms with Crippen LogP contribution in [0.2, 0.25) is 0 Å². The zero-order chi connectivity index (χ0) is 11.2. The topological polar surface area (TPSA) is 27.7 Å². The van der Waals surface area contributed by atoms with Gasteiger partial charge < -0.3 is 14.2 Å². The Labute approximate surface area is 96.3 Å². The molecule has 0 radical (unpaired) electrons. The molecule has 0 unspecified atom stereocenters. The molecule has 1 aliphatic rings. The van der Waals surface area contributed by atoms with Gasteiger partial charge in [-0.15, -0.1) is 0 Å². The molecule has 0 spiro atoms. The van der Waals surface area contributed by atoms with Gasteiger partial charge in [0, 0.05) is 32.1 Å². The maximum atomic E-state index is 5.64. The smallest absolute Gasteiger partial charge is 0.123 e. The fraction of sp³-hybridized carbons (Fsp3) is 0.538. The van der Waals surface area contributed by atoms with E-state index in [4.69, 9.17) is 14.2 Å². The van der Waals surface area contributed by atoms with Crippen LogP contribution in [0.5, 0.6) is 11.5 Å². The minimum Gasteiger partial charge on any atom is -0.493 e. The van der Waals surface area contributed by atoms with Crippen molar-refractivity contribution in [3.05, 3.63) is 23.8 Å². The van der Waals surface area contributed by atoms with E-state index in [9.17, 15) is 0 Å². The Kier molecular flexibility index (Phi) is 4.05. The third-order valence-electron chi connectivity index (χ3n) is 2.43. The second-order valence-electron chi connectivity index (χ2n) is 4.00. The molecular formula is C13H18O3. The zero-order valence-electron chi connectivity index (χ0n) is 9.70. The van der Waals surface area contributed by atoms with Gasteiger partial charge in [-0.25, -0.2) is 0 Å². The second kappa shape index (κ2) is 5.75. The van der Waals surface area contributed by atoms with Crippen molar-refractivity contribution in [3.63, 3.8) is 0 Å². The van der Waals surface area contributed by atoms with E-state index in [1.165, 1.54) is 5.56 Å². The molecule has 2 rings (SSSR count). The molecule has 3 heteroatoms. The predicted molar refractivity (Wildman–Crippen MR) is 62.2 cm³/mol. The Morgan fingerprint density at radius 3 is 1.94 bits per heavy atom. The van der Waals surface area contributed by atoms with Crippen molar-refractivity contribution in [2.75, 3.05) is 26.4 Å². The van der Waals surface area contributed by atoms with E-state index in [2.05, 4.69) is 6.92 Å². The van der Waals surface area contributed by atoms with Crippen LogP contribution < -0.4 is 9.47 Å². The molecule has 0 saturated carbocycles. The fourth-order valence-electron chi connectivity index (χ4n) is 1.68. The summed E-state index contributed by atoms with van der Waals surface area (Å²) in [4.78, 5) is 0. The van der Waals surface area contributed by atoms with Gasteiger partial charge in [-0.3, -0.25) is 0 Å². The third-order valence-corrected chi connectivity index (χ3v) is 2.43. The lowest BCUT2D eigenvalue weighted by Crippen LogP contribution is -2.08. The summed E-state index contributed by atoms with van der Waals surface area (Å²) in [6.07, 6.45) is 1.87. The molecule has 0 aromatic heterocycles. The van der Waals surface area contributed by atoms with E-state index in [-0.39, 0.29) is 0 Å². The highest BCUT2D eigenvalue weighted by Crippen LogP contribution is 2.23. The predicted octanol–water partition coefficient (Wildman–Crippen LogP) is 2.56. The second-order valence-corrected chi connectivity index (χ2v) is 4.00. The summed E-state index contributed by atoms with van der Waals surface area (Å²) in [5, 5.41) is 0. The van der Waals surface area contributed by atoms with E-state index in [1.54, 1.807) is 0 Å². The van der Waals surface area contributed by atoms with E-state index >= 15 is 0 Å². The zero-order valence-corrected chi connectivity index (χ0v) is 9.70. The van der Waals surface area contributed by atoms with Gasteiger partial charge in [0.1, 0.15) is 11.5 Å². The van der Waals surface area contributed by atoms with Crippen LogP contribution in [0, 0.1) is 6.92 Å². The number of aryl methyl sites for hydroxylation is 1. The lowest BCUT2D eigenvalue weighted by atomic mass is 10.2. The number of hydrogen-bond donors (Lipinski definition) is 0. The molecule has 16 heavy (non-hydrogen) atoms. The largest absolute Gasteiger partial charge is 0.493 e. The molecule has 88 valence electrons. The number of ether oxygens (including phenoxy) is 3. The average molecular weight is 222 g/mol. The molecule has 1 heterocycles. The number of hydrogen-bond acceptors (Lipinski definition) is 3. The fourth-order valence-corrected chi connectivity index (χ4v) is 1.68. The van der Waals surface area contributed by atoms with Crippen molar-refractivity contribution in [1.82, 2.24) is 0 Å². The summed E-state index contributed by atoms with van der Waals surface area (Å²) in [5.41, 5.74) is 1.17. The Morgan fingerprint density at radius 2 is 1.38 bits per heavy atom. The van der Waals surface area contributed by atoms with Gasteiger partial charge in [0.25, 0.3) is 0 Å². The van der Waals surface area contributed by atoms with Crippen molar-refractivity contribution in [2.45, 2.75) is 19.8 Å². The van der Waals surface area contributed by atoms with Gasteiger partial charge in [0.15, 0.2) is 0 Å². The van der Waals surface area contributed by atoms with Crippen molar-refractivity contribution < 1.29 is 14.2 Å². The number of rotatable bonds is 0. The van der Waals surface area contributed by atoms with Gasteiger partial charge in [-0.1, -0.05) is 0 Å². The van der Waals surface area contributed by atoms with Gasteiger partial charge in [-0.2, -0.15) is 0 Å². The molecule has 0 aliphatic carbocycles. The van der Waals surface area contributed by atoms with E-state index in [0.29, 0.717) is 13.2 Å². The Hall–Kier alpha value is -1.22. The van der Waals surface area contributed by atoms with Gasteiger partial charge >= 0.3 is 0 Å². The first-order valence-corrected chi connectivity index (χ1v) is 5.79. The van der Waals surface area contributed by atoms with Crippen molar-refractivity contribution in [1.29, 1.82) is 0 Å². The molecular weight excluding hydrogens is 204 g/mol. The van der Waals surface area contributed by atoms with Crippen LogP contribution in [0.1, 0.15) is 18.4 Å². The molecule has 1 aromatic rings. The summed E-state index contributed by atoms with van der Waals surface area (Å²) in [6.45, 7) is 4.97. The van der Waals surface area contributed by atoms with Crippen LogP contribution in [-0.2, 0) is 4.74 Å². The summed E-state index contributed by atoms with van der Waals surface area (Å²) >= 11 is 0. The van der Waals surface area contributed by atoms with Crippen LogP contribution >= 0.6 is 0 Å². The molecule has 1 aromatic carbocycles. The third kappa shape index (κ3) is 3.42. The van der Waals surface area contributed by atoms with Gasteiger partial charge in [0.2, 0.25) is 0 Å². The maximum Gasteiger partial charge on any atom is 0.123 e. The summed E-state index contributed by atoms with van der Waals surface area (Å²) in [5.74, 6) is 1.77. The molecule has 0 N–H and O–H groups in total. The van der Waals surface area contributed by atoms with E-state index in [1.807, 2.05) is 18.2 Å². The lowest BCUT2D eigenvalue weighted by Gasteiger charge is -2.13. The van der Waals surface area contributed by atoms with Crippen molar-refractivity contribution in [3.8, 4) is 11.5 Å². The molecule has 0 atom stereocenters. The summed E-state index contributed by atoms with van der Waals surface area (Å²) < 4.78 is 16.7. The quantitative estimate of drug-likeness (QED) is 0.675. The molecule has 0 fully saturated rings. The first-order valence-electron chi connectivity index (χ1n) is 5.79. The normalized spacial score (nSPS) is 17.6. The molecule has 2 bridgehead atoms. The van der Waals surface area contributed by atoms with Crippen LogP contribution in [0.25, 0.3) is 0 Å². The van der Waals surface area contributed by atoms with Crippen LogP contribution in [-0.4, -0.2) is 26.4 Å². The first kappa shape index (κ1) is 11.3.